The van der Waals surface area contributed by atoms with Gasteiger partial charge in [-0.3, -0.25) is 0 Å². The molecule has 1 aliphatic carbocycles. The average molecular weight is 297 g/mol. The fraction of sp³-hybridized carbons (Fsp3) is 0.250. The maximum atomic E-state index is 10.0. The Balaban J connectivity index is 1.68. The highest BCUT2D eigenvalue weighted by Gasteiger charge is 2.23. The summed E-state index contributed by atoms with van der Waals surface area (Å²) < 4.78 is 1.83. The van der Waals surface area contributed by atoms with E-state index in [0.29, 0.717) is 0 Å². The summed E-state index contributed by atoms with van der Waals surface area (Å²) in [5.74, 6) is 0. The first-order chi connectivity index (χ1) is 10.3. The smallest absolute Gasteiger partial charge is 0.123 e. The number of aryl methyl sites for hydroxylation is 1. The van der Waals surface area contributed by atoms with Crippen molar-refractivity contribution in [2.24, 2.45) is 0 Å². The van der Waals surface area contributed by atoms with Gasteiger partial charge in [-0.15, -0.1) is 11.3 Å². The highest BCUT2D eigenvalue weighted by Crippen LogP contribution is 2.37. The van der Waals surface area contributed by atoms with Crippen LogP contribution in [0.1, 0.15) is 29.5 Å². The lowest BCUT2D eigenvalue weighted by Gasteiger charge is -2.14. The van der Waals surface area contributed by atoms with Crippen molar-refractivity contribution in [3.63, 3.8) is 0 Å². The molecule has 2 aromatic heterocycles. The van der Waals surface area contributed by atoms with Crippen LogP contribution in [0.2, 0.25) is 0 Å². The molecule has 4 rings (SSSR count). The third-order valence-corrected chi connectivity index (χ3v) is 5.05. The highest BCUT2D eigenvalue weighted by molar-refractivity contribution is 7.15. The molecule has 0 spiro atoms. The van der Waals surface area contributed by atoms with E-state index in [-0.39, 0.29) is 6.10 Å². The largest absolute Gasteiger partial charge is 0.388 e. The van der Waals surface area contributed by atoms with E-state index in [2.05, 4.69) is 17.2 Å². The third kappa shape index (κ3) is 2.28. The lowest BCUT2D eigenvalue weighted by atomic mass is 10.0. The Morgan fingerprint density at radius 3 is 2.81 bits per heavy atom. The summed E-state index contributed by atoms with van der Waals surface area (Å²) in [6.07, 6.45) is 6.22. The van der Waals surface area contributed by atoms with Crippen LogP contribution in [0.5, 0.6) is 0 Å². The number of thiazole rings is 1. The third-order valence-electron chi connectivity index (χ3n) is 3.80. The second-order valence-electron chi connectivity index (χ2n) is 5.24. The van der Waals surface area contributed by atoms with Crippen LogP contribution in [0.3, 0.4) is 0 Å². The van der Waals surface area contributed by atoms with Gasteiger partial charge in [0, 0.05) is 18.0 Å². The van der Waals surface area contributed by atoms with E-state index in [0.717, 1.165) is 46.1 Å². The van der Waals surface area contributed by atoms with Crippen molar-refractivity contribution in [3.05, 3.63) is 53.3 Å². The Bertz CT molecular complexity index is 746. The number of aromatic nitrogens is 3. The molecule has 1 unspecified atom stereocenters. The zero-order valence-corrected chi connectivity index (χ0v) is 12.3. The molecule has 0 bridgehead atoms. The molecule has 0 radical (unpaired) electrons. The fourth-order valence-corrected chi connectivity index (χ4v) is 3.84. The molecule has 21 heavy (non-hydrogen) atoms. The standard InChI is InChI=1S/C16H15N3OS/c20-14-4-1-3-13-15(14)21-16(18-13)11-5-7-12(8-6-11)19-10-2-9-17-19/h2,5-10,14,20H,1,3-4H2. The molecule has 1 aliphatic rings. The minimum Gasteiger partial charge on any atom is -0.388 e. The monoisotopic (exact) mass is 297 g/mol. The summed E-state index contributed by atoms with van der Waals surface area (Å²) in [7, 11) is 0. The zero-order valence-electron chi connectivity index (χ0n) is 11.4. The van der Waals surface area contributed by atoms with E-state index in [1.54, 1.807) is 17.5 Å². The molecule has 0 saturated carbocycles. The summed E-state index contributed by atoms with van der Waals surface area (Å²) in [4.78, 5) is 5.75. The van der Waals surface area contributed by atoms with E-state index in [4.69, 9.17) is 4.98 Å². The Labute approximate surface area is 126 Å². The van der Waals surface area contributed by atoms with E-state index >= 15 is 0 Å². The fourth-order valence-electron chi connectivity index (χ4n) is 2.70. The quantitative estimate of drug-likeness (QED) is 0.789. The van der Waals surface area contributed by atoms with Crippen LogP contribution in [0.4, 0.5) is 0 Å². The highest BCUT2D eigenvalue weighted by atomic mass is 32.1. The van der Waals surface area contributed by atoms with E-state index < -0.39 is 0 Å². The van der Waals surface area contributed by atoms with Gasteiger partial charge in [0.05, 0.1) is 22.4 Å². The summed E-state index contributed by atoms with van der Waals surface area (Å²) in [6.45, 7) is 0. The Hall–Kier alpha value is -1.98. The molecule has 106 valence electrons. The molecule has 1 aromatic carbocycles. The first kappa shape index (κ1) is 12.7. The number of nitrogens with zero attached hydrogens (tertiary/aromatic N) is 3. The predicted octanol–water partition coefficient (Wildman–Crippen LogP) is 3.37. The second-order valence-corrected chi connectivity index (χ2v) is 6.27. The first-order valence-electron chi connectivity index (χ1n) is 7.09. The molecular weight excluding hydrogens is 282 g/mol. The van der Waals surface area contributed by atoms with Gasteiger partial charge in [0.15, 0.2) is 0 Å². The van der Waals surface area contributed by atoms with Crippen LogP contribution in [0.25, 0.3) is 16.3 Å². The van der Waals surface area contributed by atoms with Gasteiger partial charge in [-0.1, -0.05) is 0 Å². The van der Waals surface area contributed by atoms with Crippen LogP contribution in [-0.2, 0) is 6.42 Å². The molecule has 4 nitrogen and oxygen atoms in total. The van der Waals surface area contributed by atoms with Crippen LogP contribution in [-0.4, -0.2) is 19.9 Å². The van der Waals surface area contributed by atoms with Crippen LogP contribution >= 0.6 is 11.3 Å². The molecular formula is C16H15N3OS. The lowest BCUT2D eigenvalue weighted by molar-refractivity contribution is 0.160. The number of hydrogen-bond donors (Lipinski definition) is 1. The molecule has 5 heteroatoms. The summed E-state index contributed by atoms with van der Waals surface area (Å²) in [5, 5.41) is 15.3. The molecule has 2 heterocycles. The van der Waals surface area contributed by atoms with Crippen molar-refractivity contribution in [2.75, 3.05) is 0 Å². The van der Waals surface area contributed by atoms with Crippen molar-refractivity contribution in [1.82, 2.24) is 14.8 Å². The van der Waals surface area contributed by atoms with Gasteiger partial charge in [-0.05, 0) is 49.6 Å². The maximum absolute atomic E-state index is 10.0. The van der Waals surface area contributed by atoms with Gasteiger partial charge >= 0.3 is 0 Å². The number of rotatable bonds is 2. The van der Waals surface area contributed by atoms with Gasteiger partial charge in [0.1, 0.15) is 5.01 Å². The summed E-state index contributed by atoms with van der Waals surface area (Å²) in [5.41, 5.74) is 3.20. The Morgan fingerprint density at radius 1 is 1.24 bits per heavy atom. The molecule has 0 amide bonds. The molecule has 1 N–H and O–H groups in total. The van der Waals surface area contributed by atoms with Crippen LogP contribution < -0.4 is 0 Å². The van der Waals surface area contributed by atoms with Crippen molar-refractivity contribution >= 4 is 11.3 Å². The maximum Gasteiger partial charge on any atom is 0.123 e. The van der Waals surface area contributed by atoms with Crippen molar-refractivity contribution in [3.8, 4) is 16.3 Å². The van der Waals surface area contributed by atoms with E-state index in [1.165, 1.54) is 0 Å². The van der Waals surface area contributed by atoms with E-state index in [9.17, 15) is 5.11 Å². The van der Waals surface area contributed by atoms with Crippen molar-refractivity contribution in [1.29, 1.82) is 0 Å². The predicted molar refractivity (Wildman–Crippen MR) is 82.6 cm³/mol. The normalized spacial score (nSPS) is 17.7. The lowest BCUT2D eigenvalue weighted by Crippen LogP contribution is -2.06. The van der Waals surface area contributed by atoms with Gasteiger partial charge in [0.25, 0.3) is 0 Å². The second kappa shape index (κ2) is 5.09. The SMILES string of the molecule is OC1CCCc2nc(-c3ccc(-n4cccn4)cc3)sc21. The summed E-state index contributed by atoms with van der Waals surface area (Å²) >= 11 is 1.62. The molecule has 0 fully saturated rings. The number of benzene rings is 1. The topological polar surface area (TPSA) is 50.9 Å². The first-order valence-corrected chi connectivity index (χ1v) is 7.91. The summed E-state index contributed by atoms with van der Waals surface area (Å²) in [6, 6.07) is 10.1. The van der Waals surface area contributed by atoms with Gasteiger partial charge < -0.3 is 5.11 Å². The molecule has 1 atom stereocenters. The van der Waals surface area contributed by atoms with Crippen molar-refractivity contribution < 1.29 is 5.11 Å². The Morgan fingerprint density at radius 2 is 2.10 bits per heavy atom. The molecule has 0 saturated heterocycles. The zero-order chi connectivity index (χ0) is 14.2. The minimum absolute atomic E-state index is 0.330. The number of fused-ring (bicyclic) bond motifs is 1. The average Bonchev–Trinajstić information content (AvgIpc) is 3.18. The number of hydrogen-bond acceptors (Lipinski definition) is 4. The van der Waals surface area contributed by atoms with Crippen LogP contribution in [0.15, 0.2) is 42.7 Å². The van der Waals surface area contributed by atoms with Gasteiger partial charge in [-0.25, -0.2) is 9.67 Å². The number of aliphatic hydroxyl groups is 1. The minimum atomic E-state index is -0.330. The van der Waals surface area contributed by atoms with Crippen LogP contribution in [0, 0.1) is 0 Å². The molecule has 0 aliphatic heterocycles. The van der Waals surface area contributed by atoms with Gasteiger partial charge in [0.2, 0.25) is 0 Å². The van der Waals surface area contributed by atoms with Gasteiger partial charge in [-0.2, -0.15) is 5.10 Å². The molecule has 3 aromatic rings. The number of aliphatic hydroxyl groups excluding tert-OH is 1. The van der Waals surface area contributed by atoms with E-state index in [1.807, 2.05) is 29.1 Å². The van der Waals surface area contributed by atoms with Crippen molar-refractivity contribution in [2.45, 2.75) is 25.4 Å². The Kier molecular flexibility index (Phi) is 3.09.